The highest BCUT2D eigenvalue weighted by molar-refractivity contribution is 6.07. The normalized spacial score (nSPS) is 9.94. The van der Waals surface area contributed by atoms with E-state index in [4.69, 9.17) is 5.73 Å². The lowest BCUT2D eigenvalue weighted by Crippen LogP contribution is -2.14. The number of hydrogen-bond acceptors (Lipinski definition) is 3. The molecule has 86 valence electrons. The van der Waals surface area contributed by atoms with Crippen LogP contribution in [0.15, 0.2) is 42.7 Å². The van der Waals surface area contributed by atoms with Gasteiger partial charge in [-0.2, -0.15) is 0 Å². The number of nitrogens with one attached hydrogen (secondary N) is 1. The molecule has 0 saturated carbocycles. The van der Waals surface area contributed by atoms with E-state index in [2.05, 4.69) is 10.3 Å². The predicted molar refractivity (Wildman–Crippen MR) is 63.0 cm³/mol. The summed E-state index contributed by atoms with van der Waals surface area (Å²) < 4.78 is 13.3. The smallest absolute Gasteiger partial charge is 0.257 e. The van der Waals surface area contributed by atoms with Crippen molar-refractivity contribution in [3.63, 3.8) is 0 Å². The molecule has 0 fully saturated rings. The Balaban J connectivity index is 2.24. The fraction of sp³-hybridized carbons (Fsp3) is 0. The second-order valence-electron chi connectivity index (χ2n) is 3.40. The van der Waals surface area contributed by atoms with Gasteiger partial charge in [0.25, 0.3) is 5.91 Å². The molecule has 3 N–H and O–H groups in total. The molecule has 0 radical (unpaired) electrons. The molecule has 17 heavy (non-hydrogen) atoms. The van der Waals surface area contributed by atoms with Gasteiger partial charge in [0.15, 0.2) is 5.82 Å². The number of nitrogens with two attached hydrogens (primary N) is 1. The minimum absolute atomic E-state index is 0.0771. The first-order chi connectivity index (χ1) is 8.18. The molecule has 0 unspecified atom stereocenters. The number of aromatic nitrogens is 1. The van der Waals surface area contributed by atoms with E-state index in [1.807, 2.05) is 0 Å². The largest absolute Gasteiger partial charge is 0.398 e. The van der Waals surface area contributed by atoms with Gasteiger partial charge in [-0.05, 0) is 18.2 Å². The van der Waals surface area contributed by atoms with Gasteiger partial charge in [0.05, 0.1) is 17.4 Å². The minimum Gasteiger partial charge on any atom is -0.398 e. The van der Waals surface area contributed by atoms with E-state index < -0.39 is 11.7 Å². The molecule has 2 rings (SSSR count). The zero-order valence-corrected chi connectivity index (χ0v) is 8.85. The third-order valence-electron chi connectivity index (χ3n) is 2.23. The summed E-state index contributed by atoms with van der Waals surface area (Å²) in [4.78, 5) is 15.4. The summed E-state index contributed by atoms with van der Waals surface area (Å²) in [5.74, 6) is -1.04. The number of nitrogens with zero attached hydrogens (tertiary/aromatic N) is 1. The molecule has 0 aliphatic heterocycles. The molecule has 0 bridgehead atoms. The summed E-state index contributed by atoms with van der Waals surface area (Å²) in [5, 5.41) is 2.43. The standard InChI is InChI=1S/C12H10FN3O/c13-9-7-15-6-5-11(9)16-12(17)8-3-1-2-4-10(8)14/h1-7H,14H2,(H,15,16,17). The van der Waals surface area contributed by atoms with Crippen LogP contribution in [-0.2, 0) is 0 Å². The lowest BCUT2D eigenvalue weighted by molar-refractivity contribution is 0.102. The maximum Gasteiger partial charge on any atom is 0.257 e. The fourth-order valence-corrected chi connectivity index (χ4v) is 1.37. The average Bonchev–Trinajstić information content (AvgIpc) is 2.32. The first kappa shape index (κ1) is 11.1. The molecule has 1 aromatic carbocycles. The first-order valence-corrected chi connectivity index (χ1v) is 4.94. The van der Waals surface area contributed by atoms with Gasteiger partial charge in [0, 0.05) is 11.9 Å². The van der Waals surface area contributed by atoms with Crippen molar-refractivity contribution in [1.82, 2.24) is 4.98 Å². The van der Waals surface area contributed by atoms with Gasteiger partial charge in [-0.15, -0.1) is 0 Å². The molecule has 0 spiro atoms. The van der Waals surface area contributed by atoms with Crippen LogP contribution in [0.4, 0.5) is 15.8 Å². The Labute approximate surface area is 97.3 Å². The zero-order valence-electron chi connectivity index (χ0n) is 8.85. The second-order valence-corrected chi connectivity index (χ2v) is 3.40. The third kappa shape index (κ3) is 2.39. The summed E-state index contributed by atoms with van der Waals surface area (Å²) in [7, 11) is 0. The number of benzene rings is 1. The monoisotopic (exact) mass is 231 g/mol. The molecule has 1 heterocycles. The second kappa shape index (κ2) is 4.61. The van der Waals surface area contributed by atoms with E-state index in [0.717, 1.165) is 6.20 Å². The van der Waals surface area contributed by atoms with Crippen LogP contribution in [0.25, 0.3) is 0 Å². The van der Waals surface area contributed by atoms with Gasteiger partial charge in [0.2, 0.25) is 0 Å². The van der Waals surface area contributed by atoms with Crippen LogP contribution in [-0.4, -0.2) is 10.9 Å². The number of amides is 1. The summed E-state index contributed by atoms with van der Waals surface area (Å²) in [6, 6.07) is 7.97. The number of hydrogen-bond donors (Lipinski definition) is 2. The molecule has 0 aliphatic carbocycles. The number of nitrogen functional groups attached to an aromatic ring is 1. The van der Waals surface area contributed by atoms with E-state index in [-0.39, 0.29) is 5.69 Å². The van der Waals surface area contributed by atoms with Crippen molar-refractivity contribution in [2.45, 2.75) is 0 Å². The highest BCUT2D eigenvalue weighted by Crippen LogP contribution is 2.15. The van der Waals surface area contributed by atoms with Crippen molar-refractivity contribution >= 4 is 17.3 Å². The van der Waals surface area contributed by atoms with Crippen LogP contribution in [0.2, 0.25) is 0 Å². The quantitative estimate of drug-likeness (QED) is 0.777. The molecule has 2 aromatic rings. The molecule has 1 aromatic heterocycles. The Hall–Kier alpha value is -2.43. The summed E-state index contributed by atoms with van der Waals surface area (Å²) >= 11 is 0. The van der Waals surface area contributed by atoms with Gasteiger partial charge < -0.3 is 11.1 Å². The number of pyridine rings is 1. The molecular weight excluding hydrogens is 221 g/mol. The fourth-order valence-electron chi connectivity index (χ4n) is 1.37. The van der Waals surface area contributed by atoms with Crippen molar-refractivity contribution in [2.75, 3.05) is 11.1 Å². The SMILES string of the molecule is Nc1ccccc1C(=O)Nc1ccncc1F. The predicted octanol–water partition coefficient (Wildman–Crippen LogP) is 2.06. The van der Waals surface area contributed by atoms with Crippen LogP contribution >= 0.6 is 0 Å². The molecule has 0 aliphatic rings. The van der Waals surface area contributed by atoms with Gasteiger partial charge >= 0.3 is 0 Å². The summed E-state index contributed by atoms with van der Waals surface area (Å²) in [5.41, 5.74) is 6.38. The molecular formula is C12H10FN3O. The third-order valence-corrected chi connectivity index (χ3v) is 2.23. The Morgan fingerprint density at radius 2 is 2.06 bits per heavy atom. The van der Waals surface area contributed by atoms with Gasteiger partial charge in [-0.1, -0.05) is 12.1 Å². The van der Waals surface area contributed by atoms with Crippen molar-refractivity contribution < 1.29 is 9.18 Å². The topological polar surface area (TPSA) is 68.0 Å². The van der Waals surface area contributed by atoms with Crippen LogP contribution in [0.5, 0.6) is 0 Å². The number of anilines is 2. The highest BCUT2D eigenvalue weighted by Gasteiger charge is 2.11. The Bertz CT molecular complexity index is 557. The average molecular weight is 231 g/mol. The molecule has 0 atom stereocenters. The van der Waals surface area contributed by atoms with Crippen molar-refractivity contribution in [2.24, 2.45) is 0 Å². The van der Waals surface area contributed by atoms with Gasteiger partial charge in [0.1, 0.15) is 0 Å². The van der Waals surface area contributed by atoms with Crippen molar-refractivity contribution in [3.8, 4) is 0 Å². The van der Waals surface area contributed by atoms with Crippen LogP contribution in [0.3, 0.4) is 0 Å². The van der Waals surface area contributed by atoms with E-state index in [0.29, 0.717) is 11.3 Å². The van der Waals surface area contributed by atoms with Crippen LogP contribution in [0, 0.1) is 5.82 Å². The van der Waals surface area contributed by atoms with Gasteiger partial charge in [-0.25, -0.2) is 4.39 Å². The zero-order chi connectivity index (χ0) is 12.3. The maximum atomic E-state index is 13.3. The van der Waals surface area contributed by atoms with E-state index in [1.165, 1.54) is 12.3 Å². The molecule has 4 nitrogen and oxygen atoms in total. The Morgan fingerprint density at radius 1 is 1.29 bits per heavy atom. The Kier molecular flexibility index (Phi) is 3.00. The molecule has 5 heteroatoms. The maximum absolute atomic E-state index is 13.3. The molecule has 1 amide bonds. The first-order valence-electron chi connectivity index (χ1n) is 4.94. The Morgan fingerprint density at radius 3 is 2.76 bits per heavy atom. The molecule has 0 saturated heterocycles. The number of rotatable bonds is 2. The number of carbonyl (C=O) groups excluding carboxylic acids is 1. The number of para-hydroxylation sites is 1. The van der Waals surface area contributed by atoms with E-state index >= 15 is 0 Å². The van der Waals surface area contributed by atoms with E-state index in [1.54, 1.807) is 24.3 Å². The summed E-state index contributed by atoms with van der Waals surface area (Å²) in [6.07, 6.45) is 2.43. The van der Waals surface area contributed by atoms with Crippen molar-refractivity contribution in [1.29, 1.82) is 0 Å². The van der Waals surface area contributed by atoms with E-state index in [9.17, 15) is 9.18 Å². The number of halogens is 1. The number of carbonyl (C=O) groups is 1. The minimum atomic E-state index is -0.588. The summed E-state index contributed by atoms with van der Waals surface area (Å²) in [6.45, 7) is 0. The lowest BCUT2D eigenvalue weighted by Gasteiger charge is -2.07. The van der Waals surface area contributed by atoms with Gasteiger partial charge in [-0.3, -0.25) is 9.78 Å². The lowest BCUT2D eigenvalue weighted by atomic mass is 10.1. The highest BCUT2D eigenvalue weighted by atomic mass is 19.1. The van der Waals surface area contributed by atoms with Crippen molar-refractivity contribution in [3.05, 3.63) is 54.1 Å². The van der Waals surface area contributed by atoms with Crippen LogP contribution < -0.4 is 11.1 Å². The van der Waals surface area contributed by atoms with Crippen LogP contribution in [0.1, 0.15) is 10.4 Å².